The molecular weight excluding hydrogens is 307 g/mol. The minimum Gasteiger partial charge on any atom is -0.394 e. The highest BCUT2D eigenvalue weighted by Gasteiger charge is 2.56. The third kappa shape index (κ3) is 1.93. The standard InChI is InChI=1S/C11H12ClFN4O4/c12-9-6-10(15-3-14-9)17(4-16-6)11(2-13)8(20)7(19)5(1-18)21-11/h3-5,7-8,18-20H,1-2H2/t5-,7-,8-,11-/m1/s1. The third-order valence-electron chi connectivity index (χ3n) is 3.59. The number of fused-ring (bicyclic) bond motifs is 1. The molecule has 0 aromatic carbocycles. The molecule has 21 heavy (non-hydrogen) atoms. The molecule has 3 rings (SSSR count). The number of hydrogen-bond donors (Lipinski definition) is 3. The summed E-state index contributed by atoms with van der Waals surface area (Å²) in [6.45, 7) is -1.73. The zero-order chi connectivity index (χ0) is 15.2. The monoisotopic (exact) mass is 318 g/mol. The molecule has 0 unspecified atom stereocenters. The van der Waals surface area contributed by atoms with Gasteiger partial charge >= 0.3 is 0 Å². The number of hydrogen-bond acceptors (Lipinski definition) is 7. The molecule has 3 heterocycles. The molecule has 10 heteroatoms. The first-order valence-electron chi connectivity index (χ1n) is 6.10. The molecule has 0 amide bonds. The SMILES string of the molecule is OC[C@H]1O[C@@](CF)(n2cnc3c(Cl)ncnc32)[C@H](O)[C@@H]1O. The maximum atomic E-state index is 13.7. The smallest absolute Gasteiger partial charge is 0.205 e. The van der Waals surface area contributed by atoms with Crippen molar-refractivity contribution in [3.63, 3.8) is 0 Å². The second-order valence-electron chi connectivity index (χ2n) is 4.70. The van der Waals surface area contributed by atoms with Crippen LogP contribution in [0.15, 0.2) is 12.7 Å². The molecule has 2 aromatic rings. The van der Waals surface area contributed by atoms with Crippen LogP contribution in [0.5, 0.6) is 0 Å². The summed E-state index contributed by atoms with van der Waals surface area (Å²) in [6, 6.07) is 0. The van der Waals surface area contributed by atoms with Crippen molar-refractivity contribution in [2.75, 3.05) is 13.3 Å². The molecular formula is C11H12ClFN4O4. The zero-order valence-electron chi connectivity index (χ0n) is 10.6. The van der Waals surface area contributed by atoms with E-state index in [9.17, 15) is 14.6 Å². The van der Waals surface area contributed by atoms with Crippen LogP contribution in [0.25, 0.3) is 11.2 Å². The van der Waals surface area contributed by atoms with Crippen LogP contribution in [0.3, 0.4) is 0 Å². The molecule has 114 valence electrons. The van der Waals surface area contributed by atoms with Gasteiger partial charge in [-0.2, -0.15) is 0 Å². The van der Waals surface area contributed by atoms with E-state index in [0.29, 0.717) is 0 Å². The van der Waals surface area contributed by atoms with E-state index >= 15 is 0 Å². The Balaban J connectivity index is 2.17. The van der Waals surface area contributed by atoms with Crippen LogP contribution in [-0.4, -0.2) is 66.4 Å². The molecule has 4 atom stereocenters. The van der Waals surface area contributed by atoms with Crippen molar-refractivity contribution in [1.82, 2.24) is 19.5 Å². The normalized spacial score (nSPS) is 32.9. The van der Waals surface area contributed by atoms with Crippen molar-refractivity contribution >= 4 is 22.8 Å². The molecule has 1 fully saturated rings. The number of ether oxygens (including phenoxy) is 1. The van der Waals surface area contributed by atoms with Crippen molar-refractivity contribution in [1.29, 1.82) is 0 Å². The Kier molecular flexibility index (Phi) is 3.54. The van der Waals surface area contributed by atoms with Gasteiger partial charge in [0.05, 0.1) is 12.9 Å². The van der Waals surface area contributed by atoms with Crippen molar-refractivity contribution < 1.29 is 24.4 Å². The number of halogens is 2. The van der Waals surface area contributed by atoms with Crippen molar-refractivity contribution in [3.8, 4) is 0 Å². The van der Waals surface area contributed by atoms with E-state index in [0.717, 1.165) is 10.9 Å². The zero-order valence-corrected chi connectivity index (χ0v) is 11.4. The Morgan fingerprint density at radius 1 is 1.38 bits per heavy atom. The quantitative estimate of drug-likeness (QED) is 0.636. The lowest BCUT2D eigenvalue weighted by molar-refractivity contribution is -0.156. The summed E-state index contributed by atoms with van der Waals surface area (Å²) < 4.78 is 20.2. The first kappa shape index (κ1) is 14.5. The minimum absolute atomic E-state index is 0.0690. The molecule has 8 nitrogen and oxygen atoms in total. The molecule has 0 spiro atoms. The average molecular weight is 319 g/mol. The van der Waals surface area contributed by atoms with Crippen molar-refractivity contribution in [2.45, 2.75) is 24.0 Å². The van der Waals surface area contributed by atoms with E-state index in [-0.39, 0.29) is 16.3 Å². The van der Waals surface area contributed by atoms with Gasteiger partial charge in [0.1, 0.15) is 36.8 Å². The highest BCUT2D eigenvalue weighted by Crippen LogP contribution is 2.38. The number of aliphatic hydroxyl groups excluding tert-OH is 3. The summed E-state index contributed by atoms with van der Waals surface area (Å²) in [5, 5.41) is 29.2. The summed E-state index contributed by atoms with van der Waals surface area (Å²) in [7, 11) is 0. The van der Waals surface area contributed by atoms with Crippen LogP contribution in [0.1, 0.15) is 0 Å². The van der Waals surface area contributed by atoms with E-state index in [1.165, 1.54) is 6.33 Å². The average Bonchev–Trinajstić information content (AvgIpc) is 3.03. The van der Waals surface area contributed by atoms with Gasteiger partial charge in [-0.25, -0.2) is 19.3 Å². The first-order valence-corrected chi connectivity index (χ1v) is 6.47. The van der Waals surface area contributed by atoms with E-state index in [1.54, 1.807) is 0 Å². The van der Waals surface area contributed by atoms with Gasteiger partial charge in [0, 0.05) is 0 Å². The van der Waals surface area contributed by atoms with E-state index in [4.69, 9.17) is 21.4 Å². The Labute approximate surface area is 122 Å². The molecule has 0 radical (unpaired) electrons. The number of alkyl halides is 1. The van der Waals surface area contributed by atoms with E-state index in [1.807, 2.05) is 0 Å². The summed E-state index contributed by atoms with van der Waals surface area (Å²) in [4.78, 5) is 11.7. The van der Waals surface area contributed by atoms with Crippen LogP contribution >= 0.6 is 11.6 Å². The second kappa shape index (κ2) is 5.11. The van der Waals surface area contributed by atoms with Crippen LogP contribution < -0.4 is 0 Å². The maximum absolute atomic E-state index is 13.7. The van der Waals surface area contributed by atoms with Crippen molar-refractivity contribution in [3.05, 3.63) is 17.8 Å². The third-order valence-corrected chi connectivity index (χ3v) is 3.87. The Morgan fingerprint density at radius 3 is 2.76 bits per heavy atom. The topological polar surface area (TPSA) is 114 Å². The predicted molar refractivity (Wildman–Crippen MR) is 68.3 cm³/mol. The largest absolute Gasteiger partial charge is 0.394 e. The van der Waals surface area contributed by atoms with Gasteiger partial charge < -0.3 is 20.1 Å². The van der Waals surface area contributed by atoms with Crippen molar-refractivity contribution in [2.24, 2.45) is 0 Å². The fraction of sp³-hybridized carbons (Fsp3) is 0.545. The molecule has 0 aliphatic carbocycles. The summed E-state index contributed by atoms with van der Waals surface area (Å²) in [5.74, 6) is 0. The fourth-order valence-corrected chi connectivity index (χ4v) is 2.65. The van der Waals surface area contributed by atoms with Gasteiger partial charge in [-0.05, 0) is 0 Å². The molecule has 1 saturated heterocycles. The molecule has 0 bridgehead atoms. The maximum Gasteiger partial charge on any atom is 0.205 e. The highest BCUT2D eigenvalue weighted by molar-refractivity contribution is 6.33. The predicted octanol–water partition coefficient (Wildman–Crippen LogP) is -0.785. The molecule has 2 aromatic heterocycles. The van der Waals surface area contributed by atoms with E-state index < -0.39 is 37.3 Å². The molecule has 0 saturated carbocycles. The lowest BCUT2D eigenvalue weighted by atomic mass is 10.0. The van der Waals surface area contributed by atoms with Gasteiger partial charge in [0.2, 0.25) is 5.72 Å². The first-order chi connectivity index (χ1) is 10.0. The second-order valence-corrected chi connectivity index (χ2v) is 5.06. The Hall–Kier alpha value is -1.39. The van der Waals surface area contributed by atoms with Crippen LogP contribution in [0, 0.1) is 0 Å². The number of rotatable bonds is 3. The fourth-order valence-electron chi connectivity index (χ4n) is 2.47. The van der Waals surface area contributed by atoms with Crippen LogP contribution in [0.4, 0.5) is 4.39 Å². The summed E-state index contributed by atoms with van der Waals surface area (Å²) in [6.07, 6.45) is -1.81. The number of aromatic nitrogens is 4. The highest BCUT2D eigenvalue weighted by atomic mass is 35.5. The van der Waals surface area contributed by atoms with Gasteiger partial charge in [0.15, 0.2) is 10.8 Å². The lowest BCUT2D eigenvalue weighted by Gasteiger charge is -2.30. The number of nitrogens with zero attached hydrogens (tertiary/aromatic N) is 4. The summed E-state index contributed by atoms with van der Waals surface area (Å²) in [5.41, 5.74) is -1.57. The lowest BCUT2D eigenvalue weighted by Crippen LogP contribution is -2.47. The summed E-state index contributed by atoms with van der Waals surface area (Å²) >= 11 is 5.87. The van der Waals surface area contributed by atoms with Gasteiger partial charge in [-0.1, -0.05) is 11.6 Å². The number of imidazole rings is 1. The molecule has 1 aliphatic rings. The van der Waals surface area contributed by atoms with Gasteiger partial charge in [-0.15, -0.1) is 0 Å². The minimum atomic E-state index is -1.93. The van der Waals surface area contributed by atoms with Gasteiger partial charge in [-0.3, -0.25) is 4.57 Å². The van der Waals surface area contributed by atoms with Crippen LogP contribution in [0.2, 0.25) is 5.15 Å². The Bertz CT molecular complexity index is 671. The number of aliphatic hydroxyl groups is 3. The Morgan fingerprint density at radius 2 is 2.14 bits per heavy atom. The van der Waals surface area contributed by atoms with Gasteiger partial charge in [0.25, 0.3) is 0 Å². The molecule has 3 N–H and O–H groups in total. The van der Waals surface area contributed by atoms with Crippen LogP contribution in [-0.2, 0) is 10.5 Å². The van der Waals surface area contributed by atoms with E-state index in [2.05, 4.69) is 15.0 Å². The molecule has 1 aliphatic heterocycles.